The number of carbonyl (C=O) groups is 2. The molecular weight excluding hydrogens is 288 g/mol. The van der Waals surface area contributed by atoms with Crippen LogP contribution in [-0.4, -0.2) is 22.0 Å². The maximum absolute atomic E-state index is 12.1. The zero-order chi connectivity index (χ0) is 15.0. The summed E-state index contributed by atoms with van der Waals surface area (Å²) >= 11 is 1.60. The number of thiazole rings is 1. The van der Waals surface area contributed by atoms with Crippen molar-refractivity contribution in [2.45, 2.75) is 26.3 Å². The number of aromatic carboxylic acids is 1. The van der Waals surface area contributed by atoms with Gasteiger partial charge in [0.25, 0.3) is 0 Å². The van der Waals surface area contributed by atoms with E-state index < -0.39 is 5.97 Å². The number of carboxylic acid groups (broad SMARTS) is 1. The van der Waals surface area contributed by atoms with Crippen molar-refractivity contribution in [3.05, 3.63) is 45.4 Å². The van der Waals surface area contributed by atoms with Crippen LogP contribution in [0.4, 0.5) is 5.69 Å². The molecule has 0 saturated heterocycles. The van der Waals surface area contributed by atoms with Crippen LogP contribution in [0, 0.1) is 0 Å². The van der Waals surface area contributed by atoms with Gasteiger partial charge in [-0.05, 0) is 30.2 Å². The molecule has 5 nitrogen and oxygen atoms in total. The highest BCUT2D eigenvalue weighted by Gasteiger charge is 2.28. The molecule has 0 bridgehead atoms. The van der Waals surface area contributed by atoms with Gasteiger partial charge in [0.2, 0.25) is 5.91 Å². The summed E-state index contributed by atoms with van der Waals surface area (Å²) in [6.45, 7) is 2.49. The van der Waals surface area contributed by atoms with Gasteiger partial charge in [0, 0.05) is 11.1 Å². The van der Waals surface area contributed by atoms with Gasteiger partial charge in [-0.3, -0.25) is 4.79 Å². The first kappa shape index (κ1) is 13.8. The fourth-order valence-corrected chi connectivity index (χ4v) is 3.17. The summed E-state index contributed by atoms with van der Waals surface area (Å²) < 4.78 is 0. The fourth-order valence-electron chi connectivity index (χ4n) is 2.44. The Bertz CT molecular complexity index is 723. The van der Waals surface area contributed by atoms with Crippen LogP contribution in [0.5, 0.6) is 0 Å². The number of nitrogens with zero attached hydrogens (tertiary/aromatic N) is 2. The lowest BCUT2D eigenvalue weighted by Crippen LogP contribution is -2.26. The summed E-state index contributed by atoms with van der Waals surface area (Å²) in [5.41, 5.74) is 2.65. The standard InChI is InChI=1S/C15H14N2O3S/c1-2-13-16-11(8-21-13)7-17-12-4-3-9(15(19)20)5-10(12)6-14(17)18/h3-5,8H,2,6-7H2,1H3,(H,19,20). The van der Waals surface area contributed by atoms with Gasteiger partial charge in [0.1, 0.15) is 0 Å². The number of carbonyl (C=O) groups excluding carboxylic acids is 1. The van der Waals surface area contributed by atoms with Crippen LogP contribution < -0.4 is 4.90 Å². The Hall–Kier alpha value is -2.21. The van der Waals surface area contributed by atoms with Gasteiger partial charge < -0.3 is 10.0 Å². The molecule has 1 aliphatic rings. The largest absolute Gasteiger partial charge is 0.478 e. The third kappa shape index (κ3) is 2.54. The van der Waals surface area contributed by atoms with Crippen molar-refractivity contribution in [1.29, 1.82) is 0 Å². The summed E-state index contributed by atoms with van der Waals surface area (Å²) in [5.74, 6) is -0.991. The van der Waals surface area contributed by atoms with Crippen molar-refractivity contribution in [2.75, 3.05) is 4.90 Å². The molecule has 1 amide bonds. The second kappa shape index (κ2) is 5.29. The van der Waals surface area contributed by atoms with E-state index in [0.29, 0.717) is 6.54 Å². The normalized spacial score (nSPS) is 13.6. The Labute approximate surface area is 125 Å². The van der Waals surface area contributed by atoms with Gasteiger partial charge in [-0.25, -0.2) is 9.78 Å². The SMILES string of the molecule is CCc1nc(CN2C(=O)Cc3cc(C(=O)O)ccc32)cs1. The lowest BCUT2D eigenvalue weighted by molar-refractivity contribution is -0.117. The highest BCUT2D eigenvalue weighted by Crippen LogP contribution is 2.31. The quantitative estimate of drug-likeness (QED) is 0.942. The van der Waals surface area contributed by atoms with Crippen molar-refractivity contribution < 1.29 is 14.7 Å². The summed E-state index contributed by atoms with van der Waals surface area (Å²) in [6.07, 6.45) is 1.14. The van der Waals surface area contributed by atoms with E-state index in [4.69, 9.17) is 5.11 Å². The van der Waals surface area contributed by atoms with Crippen molar-refractivity contribution in [3.8, 4) is 0 Å². The third-order valence-electron chi connectivity index (χ3n) is 3.48. The molecular formula is C15H14N2O3S. The van der Waals surface area contributed by atoms with E-state index in [0.717, 1.165) is 28.4 Å². The fraction of sp³-hybridized carbons (Fsp3) is 0.267. The van der Waals surface area contributed by atoms with Gasteiger partial charge in [-0.15, -0.1) is 11.3 Å². The summed E-state index contributed by atoms with van der Waals surface area (Å²) in [7, 11) is 0. The smallest absolute Gasteiger partial charge is 0.335 e. The maximum Gasteiger partial charge on any atom is 0.335 e. The Morgan fingerprint density at radius 3 is 2.95 bits per heavy atom. The molecule has 2 heterocycles. The number of amides is 1. The molecule has 1 aromatic heterocycles. The predicted octanol–water partition coefficient (Wildman–Crippen LogP) is 2.49. The topological polar surface area (TPSA) is 70.5 Å². The number of hydrogen-bond donors (Lipinski definition) is 1. The van der Waals surface area contributed by atoms with E-state index in [-0.39, 0.29) is 17.9 Å². The molecule has 108 valence electrons. The lowest BCUT2D eigenvalue weighted by atomic mass is 10.1. The minimum atomic E-state index is -0.976. The molecule has 2 aromatic rings. The highest BCUT2D eigenvalue weighted by atomic mass is 32.1. The second-order valence-electron chi connectivity index (χ2n) is 4.89. The minimum Gasteiger partial charge on any atom is -0.478 e. The molecule has 3 rings (SSSR count). The molecule has 0 atom stereocenters. The van der Waals surface area contributed by atoms with Crippen LogP contribution in [0.25, 0.3) is 0 Å². The number of aryl methyl sites for hydroxylation is 1. The van der Waals surface area contributed by atoms with E-state index in [1.165, 1.54) is 6.07 Å². The van der Waals surface area contributed by atoms with Gasteiger partial charge in [-0.2, -0.15) is 0 Å². The number of carboxylic acids is 1. The number of aromatic nitrogens is 1. The molecule has 0 radical (unpaired) electrons. The average Bonchev–Trinajstić information content (AvgIpc) is 3.04. The second-order valence-corrected chi connectivity index (χ2v) is 5.83. The molecule has 0 fully saturated rings. The summed E-state index contributed by atoms with van der Waals surface area (Å²) in [6, 6.07) is 4.82. The van der Waals surface area contributed by atoms with E-state index in [2.05, 4.69) is 4.98 Å². The van der Waals surface area contributed by atoms with E-state index in [1.807, 2.05) is 12.3 Å². The molecule has 1 aromatic carbocycles. The Balaban J connectivity index is 1.88. The van der Waals surface area contributed by atoms with E-state index in [1.54, 1.807) is 28.4 Å². The summed E-state index contributed by atoms with van der Waals surface area (Å²) in [5, 5.41) is 12.0. The van der Waals surface area contributed by atoms with Crippen LogP contribution in [-0.2, 0) is 24.2 Å². The number of rotatable bonds is 4. The molecule has 0 aliphatic carbocycles. The monoisotopic (exact) mass is 302 g/mol. The van der Waals surface area contributed by atoms with Crippen molar-refractivity contribution in [2.24, 2.45) is 0 Å². The maximum atomic E-state index is 12.1. The molecule has 0 unspecified atom stereocenters. The van der Waals surface area contributed by atoms with E-state index in [9.17, 15) is 9.59 Å². The van der Waals surface area contributed by atoms with Crippen LogP contribution in [0.15, 0.2) is 23.6 Å². The number of fused-ring (bicyclic) bond motifs is 1. The highest BCUT2D eigenvalue weighted by molar-refractivity contribution is 7.09. The molecule has 1 aliphatic heterocycles. The molecule has 21 heavy (non-hydrogen) atoms. The number of anilines is 1. The molecule has 0 saturated carbocycles. The Morgan fingerprint density at radius 2 is 2.29 bits per heavy atom. The van der Waals surface area contributed by atoms with Crippen LogP contribution >= 0.6 is 11.3 Å². The zero-order valence-corrected chi connectivity index (χ0v) is 12.3. The first-order valence-electron chi connectivity index (χ1n) is 6.68. The third-order valence-corrected chi connectivity index (χ3v) is 4.52. The predicted molar refractivity (Wildman–Crippen MR) is 79.8 cm³/mol. The van der Waals surface area contributed by atoms with Crippen LogP contribution in [0.2, 0.25) is 0 Å². The molecule has 0 spiro atoms. The first-order chi connectivity index (χ1) is 10.1. The van der Waals surface area contributed by atoms with Gasteiger partial charge >= 0.3 is 5.97 Å². The van der Waals surface area contributed by atoms with Gasteiger partial charge in [-0.1, -0.05) is 6.92 Å². The van der Waals surface area contributed by atoms with E-state index >= 15 is 0 Å². The van der Waals surface area contributed by atoms with Crippen LogP contribution in [0.1, 0.15) is 33.5 Å². The minimum absolute atomic E-state index is 0.0152. The van der Waals surface area contributed by atoms with Crippen molar-refractivity contribution in [3.63, 3.8) is 0 Å². The average molecular weight is 302 g/mol. The Kier molecular flexibility index (Phi) is 3.47. The zero-order valence-electron chi connectivity index (χ0n) is 11.5. The lowest BCUT2D eigenvalue weighted by Gasteiger charge is -2.16. The van der Waals surface area contributed by atoms with Crippen LogP contribution in [0.3, 0.4) is 0 Å². The van der Waals surface area contributed by atoms with Crippen molar-refractivity contribution >= 4 is 28.9 Å². The molecule has 1 N–H and O–H groups in total. The van der Waals surface area contributed by atoms with Gasteiger partial charge in [0.05, 0.1) is 29.2 Å². The van der Waals surface area contributed by atoms with Crippen molar-refractivity contribution in [1.82, 2.24) is 4.98 Å². The number of benzene rings is 1. The summed E-state index contributed by atoms with van der Waals surface area (Å²) in [4.78, 5) is 29.3. The first-order valence-corrected chi connectivity index (χ1v) is 7.56. The molecule has 6 heteroatoms. The Morgan fingerprint density at radius 1 is 1.48 bits per heavy atom. The van der Waals surface area contributed by atoms with Gasteiger partial charge in [0.15, 0.2) is 0 Å². The number of hydrogen-bond acceptors (Lipinski definition) is 4.